The fourth-order valence-electron chi connectivity index (χ4n) is 4.09. The Balaban J connectivity index is 2.19. The summed E-state index contributed by atoms with van der Waals surface area (Å²) in [6, 6.07) is 27.1. The van der Waals surface area contributed by atoms with Crippen LogP contribution in [-0.2, 0) is 10.7 Å². The van der Waals surface area contributed by atoms with E-state index in [1.54, 1.807) is 10.4 Å². The number of hydrogen-bond donors (Lipinski definition) is 0. The van der Waals surface area contributed by atoms with Crippen molar-refractivity contribution in [2.45, 2.75) is 36.8 Å². The van der Waals surface area contributed by atoms with Gasteiger partial charge in [0, 0.05) is 10.7 Å². The first-order valence-corrected chi connectivity index (χ1v) is 18.0. The van der Waals surface area contributed by atoms with E-state index in [1.807, 2.05) is 0 Å². The van der Waals surface area contributed by atoms with Crippen molar-refractivity contribution in [1.29, 1.82) is 0 Å². The van der Waals surface area contributed by atoms with E-state index in [9.17, 15) is 0 Å². The number of halogens is 2. The molecule has 0 amide bonds. The lowest BCUT2D eigenvalue weighted by Gasteiger charge is -2.31. The Morgan fingerprint density at radius 3 is 1.18 bits per heavy atom. The fourth-order valence-corrected chi connectivity index (χ4v) is 11.2. The van der Waals surface area contributed by atoms with E-state index < -0.39 is 16.1 Å². The highest BCUT2D eigenvalue weighted by Crippen LogP contribution is 2.18. The van der Waals surface area contributed by atoms with Crippen LogP contribution >= 0.6 is 31.9 Å². The van der Waals surface area contributed by atoms with Crippen LogP contribution in [0.5, 0.6) is 0 Å². The molecule has 3 rings (SSSR count). The summed E-state index contributed by atoms with van der Waals surface area (Å²) in [5.74, 6) is 0. The smallest absolute Gasteiger partial charge is 0.0876 e. The molecule has 0 saturated carbocycles. The maximum Gasteiger partial charge on any atom is 0.112 e. The topological polar surface area (TPSA) is 0 Å². The molecular formula is C24H28Br2Si2. The summed E-state index contributed by atoms with van der Waals surface area (Å²) in [5, 5.41) is 7.88. The van der Waals surface area contributed by atoms with E-state index in [1.165, 1.54) is 21.5 Å². The Morgan fingerprint density at radius 2 is 0.893 bits per heavy atom. The second-order valence-corrected chi connectivity index (χ2v) is 18.3. The van der Waals surface area contributed by atoms with Crippen molar-refractivity contribution in [3.63, 3.8) is 0 Å². The van der Waals surface area contributed by atoms with Gasteiger partial charge in [-0.25, -0.2) is 0 Å². The van der Waals surface area contributed by atoms with Crippen molar-refractivity contribution >= 4 is 68.8 Å². The summed E-state index contributed by atoms with van der Waals surface area (Å²) in [7, 11) is -3.53. The van der Waals surface area contributed by atoms with Gasteiger partial charge in [-0.2, -0.15) is 0 Å². The second kappa shape index (κ2) is 8.82. The molecule has 4 heteroatoms. The van der Waals surface area contributed by atoms with Gasteiger partial charge in [0.25, 0.3) is 0 Å². The van der Waals surface area contributed by atoms with Gasteiger partial charge < -0.3 is 0 Å². The van der Waals surface area contributed by atoms with Crippen molar-refractivity contribution < 1.29 is 0 Å². The van der Waals surface area contributed by atoms with Crippen molar-refractivity contribution in [3.05, 3.63) is 83.9 Å². The molecule has 28 heavy (non-hydrogen) atoms. The van der Waals surface area contributed by atoms with Crippen LogP contribution in [0.15, 0.2) is 72.8 Å². The van der Waals surface area contributed by atoms with Gasteiger partial charge in [-0.15, -0.1) is 0 Å². The summed E-state index contributed by atoms with van der Waals surface area (Å²) < 4.78 is 0. The van der Waals surface area contributed by atoms with Crippen molar-refractivity contribution in [1.82, 2.24) is 0 Å². The second-order valence-electron chi connectivity index (χ2n) is 8.42. The van der Waals surface area contributed by atoms with E-state index in [0.29, 0.717) is 0 Å². The molecule has 0 radical (unpaired) electrons. The van der Waals surface area contributed by atoms with Gasteiger partial charge in [0.05, 0.1) is 0 Å². The molecule has 0 saturated heterocycles. The summed E-state index contributed by atoms with van der Waals surface area (Å²) >= 11 is 7.61. The average Bonchev–Trinajstić information content (AvgIpc) is 2.73. The maximum absolute atomic E-state index is 3.80. The van der Waals surface area contributed by atoms with E-state index in [0.717, 1.165) is 10.7 Å². The van der Waals surface area contributed by atoms with Crippen LogP contribution in [0.2, 0.25) is 26.2 Å². The first-order valence-electron chi connectivity index (χ1n) is 9.72. The molecule has 0 spiro atoms. The third-order valence-electron chi connectivity index (χ3n) is 5.95. The molecule has 0 unspecified atom stereocenters. The van der Waals surface area contributed by atoms with Gasteiger partial charge in [0.2, 0.25) is 0 Å². The molecule has 0 fully saturated rings. The Kier molecular flexibility index (Phi) is 6.85. The molecule has 146 valence electrons. The van der Waals surface area contributed by atoms with Gasteiger partial charge >= 0.3 is 0 Å². The van der Waals surface area contributed by atoms with E-state index in [2.05, 4.69) is 131 Å². The number of rotatable bonds is 6. The van der Waals surface area contributed by atoms with Crippen LogP contribution in [0.3, 0.4) is 0 Å². The highest BCUT2D eigenvalue weighted by atomic mass is 79.9. The Morgan fingerprint density at radius 1 is 0.571 bits per heavy atom. The predicted octanol–water partition coefficient (Wildman–Crippen LogP) is 5.12. The normalized spacial score (nSPS) is 12.2. The lowest BCUT2D eigenvalue weighted by atomic mass is 10.2. The molecule has 3 aromatic carbocycles. The van der Waals surface area contributed by atoms with Crippen LogP contribution < -0.4 is 20.7 Å². The monoisotopic (exact) mass is 530 g/mol. The third kappa shape index (κ3) is 4.16. The minimum atomic E-state index is -1.77. The summed E-state index contributed by atoms with van der Waals surface area (Å²) in [6.45, 7) is 9.89. The molecule has 0 aliphatic carbocycles. The van der Waals surface area contributed by atoms with E-state index >= 15 is 0 Å². The van der Waals surface area contributed by atoms with Crippen molar-refractivity contribution in [2.24, 2.45) is 0 Å². The highest BCUT2D eigenvalue weighted by Gasteiger charge is 2.33. The summed E-state index contributed by atoms with van der Waals surface area (Å²) in [4.78, 5) is 0. The van der Waals surface area contributed by atoms with Crippen LogP contribution in [0.1, 0.15) is 11.1 Å². The van der Waals surface area contributed by atoms with Crippen molar-refractivity contribution in [2.75, 3.05) is 0 Å². The average molecular weight is 532 g/mol. The first-order chi connectivity index (χ1) is 13.3. The fraction of sp³-hybridized carbons (Fsp3) is 0.250. The van der Waals surface area contributed by atoms with E-state index in [-0.39, 0.29) is 0 Å². The van der Waals surface area contributed by atoms with Gasteiger partial charge in [0.15, 0.2) is 0 Å². The maximum atomic E-state index is 3.80. The summed E-state index contributed by atoms with van der Waals surface area (Å²) in [6.07, 6.45) is 0. The van der Waals surface area contributed by atoms with E-state index in [4.69, 9.17) is 0 Å². The van der Waals surface area contributed by atoms with Crippen LogP contribution in [-0.4, -0.2) is 16.1 Å². The van der Waals surface area contributed by atoms with Gasteiger partial charge in [-0.05, 0) is 11.1 Å². The molecule has 0 nitrogen and oxygen atoms in total. The zero-order valence-corrected chi connectivity index (χ0v) is 22.3. The molecule has 0 N–H and O–H groups in total. The van der Waals surface area contributed by atoms with Crippen LogP contribution in [0, 0.1) is 0 Å². The number of alkyl halides is 2. The highest BCUT2D eigenvalue weighted by molar-refractivity contribution is 9.08. The molecule has 0 aliphatic heterocycles. The van der Waals surface area contributed by atoms with Gasteiger partial charge in [-0.3, -0.25) is 0 Å². The third-order valence-corrected chi connectivity index (χ3v) is 14.3. The Hall–Kier alpha value is -0.946. The Bertz CT molecular complexity index is 856. The molecule has 3 aromatic rings. The predicted molar refractivity (Wildman–Crippen MR) is 138 cm³/mol. The lowest BCUT2D eigenvalue weighted by Crippen LogP contribution is -2.58. The SMILES string of the molecule is C[Si](C)(c1ccccc1)c1cc(CBr)c([Si](C)(C)c2ccccc2)cc1CBr. The Labute approximate surface area is 188 Å². The van der Waals surface area contributed by atoms with Crippen molar-refractivity contribution in [3.8, 4) is 0 Å². The van der Waals surface area contributed by atoms with Gasteiger partial charge in [0.1, 0.15) is 16.1 Å². The lowest BCUT2D eigenvalue weighted by molar-refractivity contribution is 1.40. The van der Waals surface area contributed by atoms with Gasteiger partial charge in [-0.1, -0.05) is 152 Å². The largest absolute Gasteiger partial charge is 0.112 e. The molecule has 0 aliphatic rings. The minimum Gasteiger partial charge on any atom is -0.0876 e. The zero-order chi connectivity index (χ0) is 20.4. The quantitative estimate of drug-likeness (QED) is 0.306. The standard InChI is InChI=1S/C24H28Br2Si2/c1-27(2,21-11-7-5-8-12-21)23-15-20(18-26)24(16-19(23)17-25)28(3,4)22-13-9-6-10-14-22/h5-16H,17-18H2,1-4H3. The zero-order valence-electron chi connectivity index (χ0n) is 17.1. The number of hydrogen-bond acceptors (Lipinski definition) is 0. The summed E-state index contributed by atoms with van der Waals surface area (Å²) in [5.41, 5.74) is 2.91. The number of benzene rings is 3. The van der Waals surface area contributed by atoms with Crippen LogP contribution in [0.4, 0.5) is 0 Å². The van der Waals surface area contributed by atoms with Crippen LogP contribution in [0.25, 0.3) is 0 Å². The molecular weight excluding hydrogens is 504 g/mol. The minimum absolute atomic E-state index is 0.903. The molecule has 0 bridgehead atoms. The first kappa shape index (κ1) is 21.8. The molecule has 0 atom stereocenters. The molecule has 0 heterocycles. The molecule has 0 aromatic heterocycles.